The Hall–Kier alpha value is -0.490. The Bertz CT molecular complexity index is 240. The number of carbonyl (C=O) groups excluding carboxylic acids is 1. The summed E-state index contributed by atoms with van der Waals surface area (Å²) in [6, 6.07) is 0. The molecule has 88 valence electrons. The van der Waals surface area contributed by atoms with E-state index in [4.69, 9.17) is 4.74 Å². The van der Waals surface area contributed by atoms with Gasteiger partial charge in [-0.15, -0.1) is 0 Å². The number of hydrogen-bond donors (Lipinski definition) is 3. The van der Waals surface area contributed by atoms with E-state index < -0.39 is 30.5 Å². The summed E-state index contributed by atoms with van der Waals surface area (Å²) >= 11 is 0. The van der Waals surface area contributed by atoms with Crippen molar-refractivity contribution in [2.75, 3.05) is 0 Å². The highest BCUT2D eigenvalue weighted by molar-refractivity contribution is 5.85. The van der Waals surface area contributed by atoms with Gasteiger partial charge < -0.3 is 20.1 Å². The van der Waals surface area contributed by atoms with Crippen LogP contribution >= 0.6 is 0 Å². The molecule has 0 bridgehead atoms. The average Bonchev–Trinajstić information content (AvgIpc) is 2.19. The van der Waals surface area contributed by atoms with E-state index >= 15 is 0 Å². The summed E-state index contributed by atoms with van der Waals surface area (Å²) in [6.45, 7) is 4.90. The van der Waals surface area contributed by atoms with Gasteiger partial charge in [0.25, 0.3) is 0 Å². The Balaban J connectivity index is 2.79. The minimum atomic E-state index is -1.27. The van der Waals surface area contributed by atoms with Gasteiger partial charge in [0.1, 0.15) is 12.2 Å². The Kier molecular flexibility index (Phi) is 3.83. The number of hydrogen-bond acceptors (Lipinski definition) is 5. The molecule has 0 aromatic rings. The first-order chi connectivity index (χ1) is 6.86. The fourth-order valence-corrected chi connectivity index (χ4v) is 1.58. The lowest BCUT2D eigenvalue weighted by molar-refractivity contribution is -0.255. The topological polar surface area (TPSA) is 87.0 Å². The van der Waals surface area contributed by atoms with E-state index in [2.05, 4.69) is 0 Å². The molecule has 0 amide bonds. The van der Waals surface area contributed by atoms with Crippen LogP contribution in [0.2, 0.25) is 0 Å². The quantitative estimate of drug-likeness (QED) is 0.570. The fourth-order valence-electron chi connectivity index (χ4n) is 1.58. The van der Waals surface area contributed by atoms with E-state index in [1.165, 1.54) is 0 Å². The Labute approximate surface area is 88.7 Å². The van der Waals surface area contributed by atoms with Crippen molar-refractivity contribution in [3.8, 4) is 0 Å². The van der Waals surface area contributed by atoms with Gasteiger partial charge in [0.05, 0.1) is 6.10 Å². The van der Waals surface area contributed by atoms with Crippen molar-refractivity contribution in [2.24, 2.45) is 11.8 Å². The molecular formula is C10H18O5. The maximum absolute atomic E-state index is 11.6. The van der Waals surface area contributed by atoms with Gasteiger partial charge in [-0.05, 0) is 0 Å². The summed E-state index contributed by atoms with van der Waals surface area (Å²) in [5, 5.41) is 28.6. The van der Waals surface area contributed by atoms with Gasteiger partial charge in [-0.2, -0.15) is 0 Å². The van der Waals surface area contributed by atoms with Crippen molar-refractivity contribution in [3.05, 3.63) is 0 Å². The lowest BCUT2D eigenvalue weighted by Crippen LogP contribution is -2.56. The first-order valence-corrected chi connectivity index (χ1v) is 5.09. The second-order valence-corrected chi connectivity index (χ2v) is 4.34. The van der Waals surface area contributed by atoms with E-state index in [1.54, 1.807) is 20.8 Å². The molecule has 1 saturated heterocycles. The van der Waals surface area contributed by atoms with Gasteiger partial charge in [0.2, 0.25) is 0 Å². The van der Waals surface area contributed by atoms with Gasteiger partial charge in [0.15, 0.2) is 12.1 Å². The summed E-state index contributed by atoms with van der Waals surface area (Å²) in [6.07, 6.45) is -4.75. The molecule has 5 nitrogen and oxygen atoms in total. The second kappa shape index (κ2) is 4.57. The van der Waals surface area contributed by atoms with Gasteiger partial charge in [-0.1, -0.05) is 20.8 Å². The minimum absolute atomic E-state index is 0.308. The molecule has 0 aromatic heterocycles. The highest BCUT2D eigenvalue weighted by atomic mass is 16.6. The van der Waals surface area contributed by atoms with Crippen LogP contribution in [0.4, 0.5) is 0 Å². The number of ether oxygens (including phenoxy) is 1. The number of carbonyl (C=O) groups is 1. The largest absolute Gasteiger partial charge is 0.390 e. The summed E-state index contributed by atoms with van der Waals surface area (Å²) in [5.41, 5.74) is 0. The summed E-state index contributed by atoms with van der Waals surface area (Å²) in [5.74, 6) is -1.22. The average molecular weight is 218 g/mol. The molecule has 0 radical (unpaired) electrons. The molecule has 1 fully saturated rings. The summed E-state index contributed by atoms with van der Waals surface area (Å²) in [4.78, 5) is 11.6. The molecule has 3 N–H and O–H groups in total. The van der Waals surface area contributed by atoms with E-state index in [9.17, 15) is 20.1 Å². The molecule has 0 aromatic carbocycles. The third kappa shape index (κ3) is 2.36. The molecule has 15 heavy (non-hydrogen) atoms. The van der Waals surface area contributed by atoms with Crippen LogP contribution in [0.1, 0.15) is 20.8 Å². The van der Waals surface area contributed by atoms with Crippen LogP contribution in [0.25, 0.3) is 0 Å². The summed E-state index contributed by atoms with van der Waals surface area (Å²) in [7, 11) is 0. The predicted octanol–water partition coefficient (Wildman–Crippen LogP) is -0.713. The highest BCUT2D eigenvalue weighted by Gasteiger charge is 2.44. The van der Waals surface area contributed by atoms with Crippen molar-refractivity contribution < 1.29 is 24.9 Å². The monoisotopic (exact) mass is 218 g/mol. The molecule has 0 spiro atoms. The molecule has 5 atom stereocenters. The lowest BCUT2D eigenvalue weighted by atomic mass is 9.88. The number of ketones is 1. The van der Waals surface area contributed by atoms with Gasteiger partial charge >= 0.3 is 0 Å². The normalized spacial score (nSPS) is 41.9. The molecule has 1 heterocycles. The highest BCUT2D eigenvalue weighted by Crippen LogP contribution is 2.26. The number of aliphatic hydroxyl groups excluding tert-OH is 3. The van der Waals surface area contributed by atoms with Crippen molar-refractivity contribution in [1.82, 2.24) is 0 Å². The maximum Gasteiger partial charge on any atom is 0.166 e. The van der Waals surface area contributed by atoms with Crippen LogP contribution in [-0.2, 0) is 9.53 Å². The molecule has 1 rings (SSSR count). The molecule has 0 saturated carbocycles. The van der Waals surface area contributed by atoms with Crippen molar-refractivity contribution >= 4 is 5.78 Å². The zero-order chi connectivity index (χ0) is 11.7. The van der Waals surface area contributed by atoms with Crippen LogP contribution in [0.15, 0.2) is 0 Å². The summed E-state index contributed by atoms with van der Waals surface area (Å²) < 4.78 is 5.00. The van der Waals surface area contributed by atoms with E-state index in [0.29, 0.717) is 0 Å². The van der Waals surface area contributed by atoms with Gasteiger partial charge in [-0.3, -0.25) is 4.79 Å². The first-order valence-electron chi connectivity index (χ1n) is 5.09. The SMILES string of the molecule is CC(C)C(=O)[C@H]1O[C@@H](O)[C@H](C)[C@@H](O)[C@@H]1O. The third-order valence-electron chi connectivity index (χ3n) is 2.78. The van der Waals surface area contributed by atoms with Crippen LogP contribution in [0, 0.1) is 11.8 Å². The van der Waals surface area contributed by atoms with E-state index in [1.807, 2.05) is 0 Å². The van der Waals surface area contributed by atoms with Gasteiger partial charge in [-0.25, -0.2) is 0 Å². The van der Waals surface area contributed by atoms with Gasteiger partial charge in [0, 0.05) is 11.8 Å². The molecule has 0 aliphatic carbocycles. The standard InChI is InChI=1S/C10H18O5/c1-4(2)6(11)9-8(13)7(12)5(3)10(14)15-9/h4-5,7-10,12-14H,1-3H3/t5-,7-,8+,9-,10-/m1/s1. The zero-order valence-corrected chi connectivity index (χ0v) is 9.12. The van der Waals surface area contributed by atoms with Crippen molar-refractivity contribution in [1.29, 1.82) is 0 Å². The lowest BCUT2D eigenvalue weighted by Gasteiger charge is -2.39. The number of aliphatic hydroxyl groups is 3. The van der Waals surface area contributed by atoms with Crippen LogP contribution in [0.3, 0.4) is 0 Å². The van der Waals surface area contributed by atoms with Crippen molar-refractivity contribution in [3.63, 3.8) is 0 Å². The predicted molar refractivity (Wildman–Crippen MR) is 51.9 cm³/mol. The Morgan fingerprint density at radius 2 is 1.73 bits per heavy atom. The molecular weight excluding hydrogens is 200 g/mol. The molecule has 1 aliphatic heterocycles. The van der Waals surface area contributed by atoms with Crippen molar-refractivity contribution in [2.45, 2.75) is 45.4 Å². The second-order valence-electron chi connectivity index (χ2n) is 4.34. The van der Waals surface area contributed by atoms with Crippen LogP contribution in [-0.4, -0.2) is 45.7 Å². The van der Waals surface area contributed by atoms with Crippen LogP contribution in [0.5, 0.6) is 0 Å². The molecule has 5 heteroatoms. The van der Waals surface area contributed by atoms with Crippen LogP contribution < -0.4 is 0 Å². The third-order valence-corrected chi connectivity index (χ3v) is 2.78. The maximum atomic E-state index is 11.6. The fraction of sp³-hybridized carbons (Fsp3) is 0.900. The zero-order valence-electron chi connectivity index (χ0n) is 9.12. The molecule has 1 aliphatic rings. The molecule has 0 unspecified atom stereocenters. The van der Waals surface area contributed by atoms with E-state index in [-0.39, 0.29) is 11.7 Å². The Morgan fingerprint density at radius 3 is 2.20 bits per heavy atom. The number of Topliss-reactive ketones (excluding diaryl/α,β-unsaturated/α-hetero) is 1. The van der Waals surface area contributed by atoms with E-state index in [0.717, 1.165) is 0 Å². The Morgan fingerprint density at radius 1 is 1.20 bits per heavy atom. The smallest absolute Gasteiger partial charge is 0.166 e. The minimum Gasteiger partial charge on any atom is -0.390 e. The number of rotatable bonds is 2. The first kappa shape index (κ1) is 12.6.